The fraction of sp³-hybridized carbons (Fsp3) is 0.533. The normalized spacial score (nSPS) is 18.0. The highest BCUT2D eigenvalue weighted by atomic mass is 19.4. The molecule has 2 N–H and O–H groups in total. The minimum Gasteiger partial charge on any atom is -0.387 e. The van der Waals surface area contributed by atoms with E-state index in [1.807, 2.05) is 0 Å². The first kappa shape index (κ1) is 16.8. The third-order valence-corrected chi connectivity index (χ3v) is 4.02. The predicted molar refractivity (Wildman–Crippen MR) is 73.3 cm³/mol. The van der Waals surface area contributed by atoms with Crippen LogP contribution in [0.4, 0.5) is 13.2 Å². The monoisotopic (exact) mass is 317 g/mol. The summed E-state index contributed by atoms with van der Waals surface area (Å²) in [5.41, 5.74) is -0.780. The zero-order chi connectivity index (χ0) is 16.2. The van der Waals surface area contributed by atoms with Gasteiger partial charge in [0.2, 0.25) is 5.91 Å². The van der Waals surface area contributed by atoms with Gasteiger partial charge in [-0.2, -0.15) is 13.2 Å². The molecule has 7 heteroatoms. The number of ether oxygens (including phenoxy) is 1. The van der Waals surface area contributed by atoms with Crippen molar-refractivity contribution in [3.05, 3.63) is 35.4 Å². The number of carbonyl (C=O) groups excluding carboxylic acids is 1. The summed E-state index contributed by atoms with van der Waals surface area (Å²) in [6, 6.07) is 5.19. The topological polar surface area (TPSA) is 58.6 Å². The summed E-state index contributed by atoms with van der Waals surface area (Å²) in [7, 11) is 0. The van der Waals surface area contributed by atoms with Gasteiger partial charge in [-0.25, -0.2) is 0 Å². The maximum atomic E-state index is 12.9. The predicted octanol–water partition coefficient (Wildman–Crippen LogP) is 1.86. The molecular formula is C15H18F3NO3. The maximum absolute atomic E-state index is 12.9. The highest BCUT2D eigenvalue weighted by molar-refractivity contribution is 5.77. The molecule has 1 aromatic carbocycles. The van der Waals surface area contributed by atoms with Crippen LogP contribution >= 0.6 is 0 Å². The molecule has 1 fully saturated rings. The number of alkyl halides is 3. The number of hydrogen-bond acceptors (Lipinski definition) is 3. The summed E-state index contributed by atoms with van der Waals surface area (Å²) in [6.45, 7) is 0.378. The Hall–Kier alpha value is -1.60. The van der Waals surface area contributed by atoms with Crippen LogP contribution in [0.1, 0.15) is 24.0 Å². The van der Waals surface area contributed by atoms with Crippen LogP contribution in [0.25, 0.3) is 0 Å². The van der Waals surface area contributed by atoms with Gasteiger partial charge in [0, 0.05) is 25.2 Å². The number of carbonyl (C=O) groups is 1. The molecule has 2 rings (SSSR count). The lowest BCUT2D eigenvalue weighted by Crippen LogP contribution is -2.45. The molecule has 1 aromatic rings. The molecule has 1 aliphatic heterocycles. The van der Waals surface area contributed by atoms with Crippen LogP contribution in [0.15, 0.2) is 24.3 Å². The molecule has 0 spiro atoms. The number of benzene rings is 1. The van der Waals surface area contributed by atoms with E-state index in [2.05, 4.69) is 5.32 Å². The summed E-state index contributed by atoms with van der Waals surface area (Å²) in [5, 5.41) is 11.4. The number of aliphatic hydroxyl groups excluding tert-OH is 1. The van der Waals surface area contributed by atoms with Gasteiger partial charge in [-0.3, -0.25) is 4.79 Å². The second-order valence-corrected chi connectivity index (χ2v) is 5.41. The lowest BCUT2D eigenvalue weighted by atomic mass is 9.73. The van der Waals surface area contributed by atoms with Crippen molar-refractivity contribution < 1.29 is 27.8 Å². The van der Waals surface area contributed by atoms with Crippen molar-refractivity contribution >= 4 is 5.91 Å². The Morgan fingerprint density at radius 1 is 1.32 bits per heavy atom. The summed E-state index contributed by atoms with van der Waals surface area (Å²) >= 11 is 0. The Morgan fingerprint density at radius 3 is 2.59 bits per heavy atom. The molecular weight excluding hydrogens is 299 g/mol. The number of nitrogens with one attached hydrogen (secondary N) is 1. The van der Waals surface area contributed by atoms with E-state index in [0.717, 1.165) is 12.1 Å². The Morgan fingerprint density at radius 2 is 2.00 bits per heavy atom. The van der Waals surface area contributed by atoms with Gasteiger partial charge in [0.15, 0.2) is 0 Å². The van der Waals surface area contributed by atoms with Crippen molar-refractivity contribution in [1.29, 1.82) is 0 Å². The second kappa shape index (κ2) is 6.66. The van der Waals surface area contributed by atoms with E-state index < -0.39 is 29.7 Å². The highest BCUT2D eigenvalue weighted by Gasteiger charge is 2.37. The number of hydrogen-bond donors (Lipinski definition) is 2. The van der Waals surface area contributed by atoms with Crippen molar-refractivity contribution in [1.82, 2.24) is 5.32 Å². The first-order chi connectivity index (χ1) is 10.4. The van der Waals surface area contributed by atoms with Gasteiger partial charge >= 0.3 is 6.18 Å². The minimum absolute atomic E-state index is 0.178. The smallest absolute Gasteiger partial charge is 0.387 e. The third kappa shape index (κ3) is 3.78. The molecule has 4 nitrogen and oxygen atoms in total. The van der Waals surface area contributed by atoms with Crippen molar-refractivity contribution in [3.8, 4) is 0 Å². The lowest BCUT2D eigenvalue weighted by molar-refractivity contribution is -0.137. The molecule has 1 heterocycles. The molecule has 0 atom stereocenters. The molecule has 0 bridgehead atoms. The molecule has 1 aliphatic rings. The summed E-state index contributed by atoms with van der Waals surface area (Å²) < 4.78 is 44.0. The quantitative estimate of drug-likeness (QED) is 0.891. The summed E-state index contributed by atoms with van der Waals surface area (Å²) in [4.78, 5) is 11.3. The van der Waals surface area contributed by atoms with E-state index in [4.69, 9.17) is 9.84 Å². The van der Waals surface area contributed by atoms with Crippen LogP contribution < -0.4 is 5.32 Å². The van der Waals surface area contributed by atoms with Crippen molar-refractivity contribution in [3.63, 3.8) is 0 Å². The van der Waals surface area contributed by atoms with Crippen LogP contribution in [0.3, 0.4) is 0 Å². The zero-order valence-corrected chi connectivity index (χ0v) is 11.9. The van der Waals surface area contributed by atoms with E-state index in [-0.39, 0.29) is 6.54 Å². The van der Waals surface area contributed by atoms with Gasteiger partial charge in [-0.1, -0.05) is 18.2 Å². The largest absolute Gasteiger partial charge is 0.416 e. The van der Waals surface area contributed by atoms with Gasteiger partial charge in [0.1, 0.15) is 6.61 Å². The summed E-state index contributed by atoms with van der Waals surface area (Å²) in [6.07, 6.45) is -3.38. The number of amides is 1. The Bertz CT molecular complexity index is 525. The van der Waals surface area contributed by atoms with Gasteiger partial charge in [0.05, 0.1) is 5.56 Å². The second-order valence-electron chi connectivity index (χ2n) is 5.41. The van der Waals surface area contributed by atoms with Crippen LogP contribution in [-0.4, -0.2) is 37.4 Å². The molecule has 0 aliphatic carbocycles. The maximum Gasteiger partial charge on any atom is 0.416 e. The molecule has 1 amide bonds. The van der Waals surface area contributed by atoms with Crippen LogP contribution in [0.2, 0.25) is 0 Å². The SMILES string of the molecule is O=C(CO)NCC1(c2cccc(C(F)(F)F)c2)CCOCC1. The third-order valence-electron chi connectivity index (χ3n) is 4.02. The van der Waals surface area contributed by atoms with Gasteiger partial charge < -0.3 is 15.2 Å². The molecule has 122 valence electrons. The Balaban J connectivity index is 2.30. The fourth-order valence-electron chi connectivity index (χ4n) is 2.68. The van der Waals surface area contributed by atoms with E-state index in [1.54, 1.807) is 6.07 Å². The first-order valence-corrected chi connectivity index (χ1v) is 7.00. The van der Waals surface area contributed by atoms with Crippen LogP contribution in [0, 0.1) is 0 Å². The number of rotatable bonds is 4. The molecule has 0 radical (unpaired) electrons. The van der Waals surface area contributed by atoms with E-state index in [0.29, 0.717) is 31.6 Å². The van der Waals surface area contributed by atoms with Gasteiger partial charge in [-0.05, 0) is 24.5 Å². The molecule has 0 aromatic heterocycles. The van der Waals surface area contributed by atoms with Crippen molar-refractivity contribution in [2.45, 2.75) is 24.4 Å². The van der Waals surface area contributed by atoms with Gasteiger partial charge in [-0.15, -0.1) is 0 Å². The van der Waals surface area contributed by atoms with Gasteiger partial charge in [0.25, 0.3) is 0 Å². The van der Waals surface area contributed by atoms with Crippen LogP contribution in [0.5, 0.6) is 0 Å². The Labute approximate surface area is 126 Å². The molecule has 1 saturated heterocycles. The minimum atomic E-state index is -4.41. The molecule has 0 unspecified atom stereocenters. The van der Waals surface area contributed by atoms with E-state index >= 15 is 0 Å². The average molecular weight is 317 g/mol. The summed E-state index contributed by atoms with van der Waals surface area (Å²) in [5.74, 6) is -0.544. The highest BCUT2D eigenvalue weighted by Crippen LogP contribution is 2.37. The zero-order valence-electron chi connectivity index (χ0n) is 11.9. The standard InChI is InChI=1S/C15H18F3NO3/c16-15(17,18)12-3-1-2-11(8-12)14(4-6-22-7-5-14)10-19-13(21)9-20/h1-3,8,20H,4-7,9-10H2,(H,19,21). The fourth-order valence-corrected chi connectivity index (χ4v) is 2.68. The Kier molecular flexibility index (Phi) is 5.08. The number of halogens is 3. The number of aliphatic hydroxyl groups is 1. The van der Waals surface area contributed by atoms with E-state index in [1.165, 1.54) is 6.07 Å². The van der Waals surface area contributed by atoms with Crippen molar-refractivity contribution in [2.24, 2.45) is 0 Å². The molecule has 22 heavy (non-hydrogen) atoms. The average Bonchev–Trinajstić information content (AvgIpc) is 2.53. The van der Waals surface area contributed by atoms with Crippen LogP contribution in [-0.2, 0) is 21.1 Å². The lowest BCUT2D eigenvalue weighted by Gasteiger charge is -2.38. The molecule has 0 saturated carbocycles. The van der Waals surface area contributed by atoms with E-state index in [9.17, 15) is 18.0 Å². The van der Waals surface area contributed by atoms with Crippen molar-refractivity contribution in [2.75, 3.05) is 26.4 Å². The first-order valence-electron chi connectivity index (χ1n) is 7.00.